The fourth-order valence-corrected chi connectivity index (χ4v) is 1.51. The van der Waals surface area contributed by atoms with Crippen molar-refractivity contribution in [2.24, 2.45) is 0 Å². The van der Waals surface area contributed by atoms with E-state index in [0.717, 1.165) is 12.0 Å². The Labute approximate surface area is 90.6 Å². The standard InChI is InChI=1S/C12H18O3/c1-4-10(13)8-9-6-5-7-11(14-2)12(9)15-3/h5-7,10,13H,4,8H2,1-3H3. The first-order valence-corrected chi connectivity index (χ1v) is 5.10. The molecule has 1 atom stereocenters. The van der Waals surface area contributed by atoms with E-state index in [0.29, 0.717) is 17.9 Å². The summed E-state index contributed by atoms with van der Waals surface area (Å²) in [6.45, 7) is 1.96. The molecule has 1 N–H and O–H groups in total. The monoisotopic (exact) mass is 210 g/mol. The minimum Gasteiger partial charge on any atom is -0.493 e. The molecule has 15 heavy (non-hydrogen) atoms. The van der Waals surface area contributed by atoms with Gasteiger partial charge in [0, 0.05) is 12.0 Å². The molecule has 0 fully saturated rings. The van der Waals surface area contributed by atoms with Gasteiger partial charge in [0.2, 0.25) is 0 Å². The molecular weight excluding hydrogens is 192 g/mol. The van der Waals surface area contributed by atoms with Gasteiger partial charge in [-0.15, -0.1) is 0 Å². The van der Waals surface area contributed by atoms with Crippen LogP contribution in [-0.2, 0) is 6.42 Å². The molecule has 1 rings (SSSR count). The predicted molar refractivity (Wildman–Crippen MR) is 59.5 cm³/mol. The Bertz CT molecular complexity index is 310. The van der Waals surface area contributed by atoms with Crippen LogP contribution < -0.4 is 9.47 Å². The lowest BCUT2D eigenvalue weighted by Crippen LogP contribution is -2.09. The van der Waals surface area contributed by atoms with Crippen molar-refractivity contribution in [1.82, 2.24) is 0 Å². The van der Waals surface area contributed by atoms with Crippen LogP contribution in [0.15, 0.2) is 18.2 Å². The normalized spacial score (nSPS) is 12.3. The number of methoxy groups -OCH3 is 2. The smallest absolute Gasteiger partial charge is 0.163 e. The van der Waals surface area contributed by atoms with E-state index in [-0.39, 0.29) is 6.10 Å². The molecule has 0 bridgehead atoms. The summed E-state index contributed by atoms with van der Waals surface area (Å²) in [4.78, 5) is 0. The van der Waals surface area contributed by atoms with Gasteiger partial charge in [-0.2, -0.15) is 0 Å². The van der Waals surface area contributed by atoms with Gasteiger partial charge >= 0.3 is 0 Å². The van der Waals surface area contributed by atoms with Crippen molar-refractivity contribution >= 4 is 0 Å². The first-order chi connectivity index (χ1) is 7.22. The average molecular weight is 210 g/mol. The minimum atomic E-state index is -0.328. The van der Waals surface area contributed by atoms with Crippen LogP contribution in [0.3, 0.4) is 0 Å². The Hall–Kier alpha value is -1.22. The van der Waals surface area contributed by atoms with Crippen LogP contribution in [0.5, 0.6) is 11.5 Å². The number of hydrogen-bond acceptors (Lipinski definition) is 3. The molecule has 0 saturated carbocycles. The summed E-state index contributed by atoms with van der Waals surface area (Å²) in [7, 11) is 3.22. The molecule has 3 heteroatoms. The molecule has 0 aliphatic rings. The van der Waals surface area contributed by atoms with Crippen molar-refractivity contribution in [2.75, 3.05) is 14.2 Å². The van der Waals surface area contributed by atoms with E-state index >= 15 is 0 Å². The maximum Gasteiger partial charge on any atom is 0.163 e. The first kappa shape index (κ1) is 11.9. The van der Waals surface area contributed by atoms with Crippen LogP contribution in [0.25, 0.3) is 0 Å². The zero-order valence-electron chi connectivity index (χ0n) is 9.49. The summed E-state index contributed by atoms with van der Waals surface area (Å²) in [6.07, 6.45) is 1.00. The highest BCUT2D eigenvalue weighted by Gasteiger charge is 2.12. The van der Waals surface area contributed by atoms with Crippen LogP contribution in [0.4, 0.5) is 0 Å². The Morgan fingerprint density at radius 1 is 1.27 bits per heavy atom. The highest BCUT2D eigenvalue weighted by Crippen LogP contribution is 2.31. The lowest BCUT2D eigenvalue weighted by atomic mass is 10.0. The fourth-order valence-electron chi connectivity index (χ4n) is 1.51. The lowest BCUT2D eigenvalue weighted by Gasteiger charge is -2.14. The van der Waals surface area contributed by atoms with Crippen molar-refractivity contribution in [1.29, 1.82) is 0 Å². The van der Waals surface area contributed by atoms with E-state index in [1.807, 2.05) is 25.1 Å². The van der Waals surface area contributed by atoms with Crippen molar-refractivity contribution in [3.8, 4) is 11.5 Å². The van der Waals surface area contributed by atoms with Gasteiger partial charge in [-0.1, -0.05) is 19.1 Å². The molecule has 0 heterocycles. The van der Waals surface area contributed by atoms with E-state index in [4.69, 9.17) is 9.47 Å². The summed E-state index contributed by atoms with van der Waals surface area (Å²) in [5.74, 6) is 1.42. The average Bonchev–Trinajstić information content (AvgIpc) is 2.28. The number of benzene rings is 1. The molecule has 0 amide bonds. The van der Waals surface area contributed by atoms with Crippen molar-refractivity contribution in [3.63, 3.8) is 0 Å². The summed E-state index contributed by atoms with van der Waals surface area (Å²) in [5, 5.41) is 9.60. The van der Waals surface area contributed by atoms with E-state index in [2.05, 4.69) is 0 Å². The molecule has 0 aliphatic heterocycles. The summed E-state index contributed by atoms with van der Waals surface area (Å²) in [5.41, 5.74) is 0.978. The van der Waals surface area contributed by atoms with E-state index in [1.54, 1.807) is 14.2 Å². The molecule has 1 aromatic carbocycles. The van der Waals surface area contributed by atoms with Crippen molar-refractivity contribution in [3.05, 3.63) is 23.8 Å². The lowest BCUT2D eigenvalue weighted by molar-refractivity contribution is 0.169. The summed E-state index contributed by atoms with van der Waals surface area (Å²) in [6, 6.07) is 5.69. The molecule has 1 unspecified atom stereocenters. The number of rotatable bonds is 5. The Balaban J connectivity index is 2.95. The maximum atomic E-state index is 9.60. The maximum absolute atomic E-state index is 9.60. The molecule has 0 aliphatic carbocycles. The quantitative estimate of drug-likeness (QED) is 0.808. The molecule has 84 valence electrons. The Morgan fingerprint density at radius 3 is 2.53 bits per heavy atom. The molecule has 1 aromatic rings. The van der Waals surface area contributed by atoms with Gasteiger partial charge in [-0.3, -0.25) is 0 Å². The van der Waals surface area contributed by atoms with Crippen LogP contribution in [0.2, 0.25) is 0 Å². The topological polar surface area (TPSA) is 38.7 Å². The number of aliphatic hydroxyl groups is 1. The molecular formula is C12H18O3. The summed E-state index contributed by atoms with van der Waals surface area (Å²) >= 11 is 0. The largest absolute Gasteiger partial charge is 0.493 e. The van der Waals surface area contributed by atoms with Crippen LogP contribution in [-0.4, -0.2) is 25.4 Å². The third kappa shape index (κ3) is 2.86. The first-order valence-electron chi connectivity index (χ1n) is 5.10. The van der Waals surface area contributed by atoms with Crippen molar-refractivity contribution in [2.45, 2.75) is 25.9 Å². The summed E-state index contributed by atoms with van der Waals surface area (Å²) < 4.78 is 10.5. The third-order valence-corrected chi connectivity index (χ3v) is 2.41. The van der Waals surface area contributed by atoms with E-state index in [9.17, 15) is 5.11 Å². The van der Waals surface area contributed by atoms with Gasteiger partial charge in [-0.05, 0) is 12.5 Å². The van der Waals surface area contributed by atoms with Crippen molar-refractivity contribution < 1.29 is 14.6 Å². The van der Waals surface area contributed by atoms with Crippen LogP contribution in [0.1, 0.15) is 18.9 Å². The number of para-hydroxylation sites is 1. The van der Waals surface area contributed by atoms with Crippen LogP contribution in [0, 0.1) is 0 Å². The zero-order valence-corrected chi connectivity index (χ0v) is 9.49. The SMILES string of the molecule is CCC(O)Cc1cccc(OC)c1OC. The van der Waals surface area contributed by atoms with Gasteiger partial charge in [0.1, 0.15) is 0 Å². The minimum absolute atomic E-state index is 0.328. The highest BCUT2D eigenvalue weighted by atomic mass is 16.5. The molecule has 0 aromatic heterocycles. The number of hydrogen-bond donors (Lipinski definition) is 1. The van der Waals surface area contributed by atoms with Gasteiger partial charge in [0.05, 0.1) is 20.3 Å². The molecule has 0 saturated heterocycles. The second-order valence-electron chi connectivity index (χ2n) is 3.42. The van der Waals surface area contributed by atoms with E-state index in [1.165, 1.54) is 0 Å². The van der Waals surface area contributed by atoms with Gasteiger partial charge < -0.3 is 14.6 Å². The molecule has 0 radical (unpaired) electrons. The zero-order chi connectivity index (χ0) is 11.3. The highest BCUT2D eigenvalue weighted by molar-refractivity contribution is 5.46. The molecule has 0 spiro atoms. The van der Waals surface area contributed by atoms with Gasteiger partial charge in [0.15, 0.2) is 11.5 Å². The Kier molecular flexibility index (Phi) is 4.43. The third-order valence-electron chi connectivity index (χ3n) is 2.41. The number of ether oxygens (including phenoxy) is 2. The Morgan fingerprint density at radius 2 is 2.00 bits per heavy atom. The van der Waals surface area contributed by atoms with Crippen LogP contribution >= 0.6 is 0 Å². The second-order valence-corrected chi connectivity index (χ2v) is 3.42. The van der Waals surface area contributed by atoms with Gasteiger partial charge in [0.25, 0.3) is 0 Å². The van der Waals surface area contributed by atoms with Gasteiger partial charge in [-0.25, -0.2) is 0 Å². The molecule has 3 nitrogen and oxygen atoms in total. The predicted octanol–water partition coefficient (Wildman–Crippen LogP) is 2.02. The van der Waals surface area contributed by atoms with E-state index < -0.39 is 0 Å². The second kappa shape index (κ2) is 5.61. The number of aliphatic hydroxyl groups excluding tert-OH is 1. The fraction of sp³-hybridized carbons (Fsp3) is 0.500.